The minimum atomic E-state index is 0.196. The first-order valence-electron chi connectivity index (χ1n) is 14.4. The van der Waals surface area contributed by atoms with Crippen LogP contribution in [0.2, 0.25) is 0 Å². The highest BCUT2D eigenvalue weighted by atomic mass is 32.1. The molecule has 0 bridgehead atoms. The molecule has 9 heteroatoms. The van der Waals surface area contributed by atoms with Crippen LogP contribution < -0.4 is 43.7 Å². The standard InChI is InChI=1S/C36H14B8S/c37-28-24-22(18-11-5-8-15-7-1-2-9-16(15)18)25-27(31(40)35(44)33(42)29(25)38)23(26(24)30(39)34(43)32(28)41)20-13-6-12-19-17-10-3-4-14-21(17)45-36(19)20/h1-14H. The summed E-state index contributed by atoms with van der Waals surface area (Å²) in [5.41, 5.74) is 5.12. The summed E-state index contributed by atoms with van der Waals surface area (Å²) in [4.78, 5) is 0. The summed E-state index contributed by atoms with van der Waals surface area (Å²) in [5, 5.41) is 6.72. The Bertz CT molecular complexity index is 2500. The molecule has 0 spiro atoms. The summed E-state index contributed by atoms with van der Waals surface area (Å²) in [7, 11) is 54.2. The molecule has 0 unspecified atom stereocenters. The highest BCUT2D eigenvalue weighted by Crippen LogP contribution is 2.46. The number of benzene rings is 7. The number of rotatable bonds is 2. The molecule has 0 nitrogen and oxygen atoms in total. The summed E-state index contributed by atoms with van der Waals surface area (Å²) in [6.45, 7) is 0. The zero-order valence-electron chi connectivity index (χ0n) is 24.1. The number of hydrogen-bond acceptors (Lipinski definition) is 1. The molecule has 0 aliphatic heterocycles. The molecule has 0 aliphatic rings. The van der Waals surface area contributed by atoms with Gasteiger partial charge in [-0.3, -0.25) is 0 Å². The van der Waals surface area contributed by atoms with Gasteiger partial charge in [-0.2, -0.15) is 0 Å². The fourth-order valence-electron chi connectivity index (χ4n) is 6.87. The van der Waals surface area contributed by atoms with Gasteiger partial charge in [0, 0.05) is 25.7 Å². The van der Waals surface area contributed by atoms with E-state index < -0.39 is 0 Å². The summed E-state index contributed by atoms with van der Waals surface area (Å²) in [6.07, 6.45) is 0. The van der Waals surface area contributed by atoms with Crippen LogP contribution in [0, 0.1) is 0 Å². The quantitative estimate of drug-likeness (QED) is 0.219. The van der Waals surface area contributed by atoms with Crippen molar-refractivity contribution >= 4 is 170 Å². The van der Waals surface area contributed by atoms with E-state index in [9.17, 15) is 0 Å². The largest absolute Gasteiger partial charge is 0.135 e. The fourth-order valence-corrected chi connectivity index (χ4v) is 8.09. The third-order valence-corrected chi connectivity index (χ3v) is 10.3. The van der Waals surface area contributed by atoms with Crippen molar-refractivity contribution in [3.05, 3.63) is 84.9 Å². The summed E-state index contributed by atoms with van der Waals surface area (Å²) < 4.78 is 2.19. The lowest BCUT2D eigenvalue weighted by molar-refractivity contribution is 1.73. The topological polar surface area (TPSA) is 0 Å². The van der Waals surface area contributed by atoms with Gasteiger partial charge < -0.3 is 0 Å². The SMILES string of the molecule is [B]c1c([B])c([B])c2c(-c3cccc4c3sc3ccccc34)c3c([B])c([B])c([B])c([B])c3c(-c3cccc4ccccc34)c2c1[B]. The minimum absolute atomic E-state index is 0.196. The first kappa shape index (κ1) is 28.5. The maximum atomic E-state index is 6.97. The molecule has 188 valence electrons. The third-order valence-electron chi connectivity index (χ3n) is 9.05. The Kier molecular flexibility index (Phi) is 6.52. The Balaban J connectivity index is 1.74. The van der Waals surface area contributed by atoms with E-state index >= 15 is 0 Å². The van der Waals surface area contributed by atoms with Gasteiger partial charge in [0.05, 0.1) is 0 Å². The number of hydrogen-bond donors (Lipinski definition) is 0. The van der Waals surface area contributed by atoms with Crippen molar-refractivity contribution < 1.29 is 0 Å². The molecule has 45 heavy (non-hydrogen) atoms. The van der Waals surface area contributed by atoms with Crippen LogP contribution in [0.5, 0.6) is 0 Å². The molecule has 7 aromatic carbocycles. The Labute approximate surface area is 276 Å². The van der Waals surface area contributed by atoms with Gasteiger partial charge in [0.25, 0.3) is 0 Å². The maximum Gasteiger partial charge on any atom is 0.113 e. The Morgan fingerprint density at radius 2 is 0.778 bits per heavy atom. The van der Waals surface area contributed by atoms with E-state index in [4.69, 9.17) is 62.8 Å². The lowest BCUT2D eigenvalue weighted by Crippen LogP contribution is -2.50. The summed E-state index contributed by atoms with van der Waals surface area (Å²) in [6, 6.07) is 28.6. The van der Waals surface area contributed by atoms with Crippen molar-refractivity contribution in [2.75, 3.05) is 0 Å². The van der Waals surface area contributed by atoms with Crippen molar-refractivity contribution in [2.45, 2.75) is 0 Å². The second kappa shape index (κ2) is 10.3. The van der Waals surface area contributed by atoms with Gasteiger partial charge in [0.15, 0.2) is 0 Å². The van der Waals surface area contributed by atoms with Crippen LogP contribution in [-0.2, 0) is 0 Å². The molecule has 0 fully saturated rings. The lowest BCUT2D eigenvalue weighted by Gasteiger charge is -2.29. The van der Waals surface area contributed by atoms with Crippen LogP contribution >= 0.6 is 11.3 Å². The van der Waals surface area contributed by atoms with Gasteiger partial charge in [0.1, 0.15) is 62.8 Å². The molecule has 0 N–H and O–H groups in total. The predicted octanol–water partition coefficient (Wildman–Crippen LogP) is 1.20. The Morgan fingerprint density at radius 3 is 1.38 bits per heavy atom. The highest BCUT2D eigenvalue weighted by Gasteiger charge is 2.26. The molecular formula is C36H14B8S. The molecule has 1 heterocycles. The van der Waals surface area contributed by atoms with E-state index in [0.717, 1.165) is 42.1 Å². The van der Waals surface area contributed by atoms with Crippen LogP contribution in [0.4, 0.5) is 0 Å². The molecule has 0 saturated heterocycles. The Morgan fingerprint density at radius 1 is 0.356 bits per heavy atom. The van der Waals surface area contributed by atoms with Crippen molar-refractivity contribution in [3.63, 3.8) is 0 Å². The average Bonchev–Trinajstić information content (AvgIpc) is 3.45. The summed E-state index contributed by atoms with van der Waals surface area (Å²) >= 11 is 1.68. The second-order valence-electron chi connectivity index (χ2n) is 11.4. The van der Waals surface area contributed by atoms with Crippen molar-refractivity contribution in [3.8, 4) is 22.3 Å². The first-order valence-corrected chi connectivity index (χ1v) is 15.2. The van der Waals surface area contributed by atoms with E-state index in [1.54, 1.807) is 11.3 Å². The van der Waals surface area contributed by atoms with Crippen molar-refractivity contribution in [2.24, 2.45) is 0 Å². The Hall–Kier alpha value is -3.94. The maximum absolute atomic E-state index is 6.97. The second-order valence-corrected chi connectivity index (χ2v) is 12.4. The zero-order chi connectivity index (χ0) is 31.3. The lowest BCUT2D eigenvalue weighted by atomic mass is 9.59. The van der Waals surface area contributed by atoms with E-state index in [1.165, 1.54) is 0 Å². The van der Waals surface area contributed by atoms with Crippen molar-refractivity contribution in [1.82, 2.24) is 0 Å². The van der Waals surface area contributed by atoms with Crippen LogP contribution in [0.1, 0.15) is 0 Å². The van der Waals surface area contributed by atoms with E-state index in [0.29, 0.717) is 54.5 Å². The van der Waals surface area contributed by atoms with Crippen molar-refractivity contribution in [1.29, 1.82) is 0 Å². The van der Waals surface area contributed by atoms with E-state index in [2.05, 4.69) is 24.3 Å². The van der Waals surface area contributed by atoms with Crippen LogP contribution in [0.15, 0.2) is 84.9 Å². The van der Waals surface area contributed by atoms with Crippen LogP contribution in [-0.4, -0.2) is 62.8 Å². The van der Waals surface area contributed by atoms with E-state index in [1.807, 2.05) is 60.7 Å². The van der Waals surface area contributed by atoms with Crippen LogP contribution in [0.25, 0.3) is 74.7 Å². The minimum Gasteiger partial charge on any atom is -0.135 e. The first-order chi connectivity index (χ1) is 21.7. The number of fused-ring (bicyclic) bond motifs is 6. The van der Waals surface area contributed by atoms with Gasteiger partial charge in [-0.25, -0.2) is 0 Å². The van der Waals surface area contributed by atoms with Gasteiger partial charge >= 0.3 is 0 Å². The molecule has 8 aromatic rings. The highest BCUT2D eigenvalue weighted by molar-refractivity contribution is 7.26. The van der Waals surface area contributed by atoms with E-state index in [-0.39, 0.29) is 21.9 Å². The predicted molar refractivity (Wildman–Crippen MR) is 206 cm³/mol. The molecule has 0 aliphatic carbocycles. The zero-order valence-corrected chi connectivity index (χ0v) is 24.9. The van der Waals surface area contributed by atoms with Crippen LogP contribution in [0.3, 0.4) is 0 Å². The fraction of sp³-hybridized carbons (Fsp3) is 0. The van der Waals surface area contributed by atoms with Gasteiger partial charge in [0.2, 0.25) is 0 Å². The summed E-state index contributed by atoms with van der Waals surface area (Å²) in [5.74, 6) is 0. The van der Waals surface area contributed by atoms with Gasteiger partial charge in [-0.1, -0.05) is 101 Å². The smallest absolute Gasteiger partial charge is 0.113 e. The number of thiophene rings is 1. The third kappa shape index (κ3) is 3.89. The molecule has 0 atom stereocenters. The molecular weight excluding hydrogens is 551 g/mol. The molecule has 8 rings (SSSR count). The normalized spacial score (nSPS) is 11.8. The molecule has 16 radical (unpaired) electrons. The molecule has 0 saturated carbocycles. The molecule has 1 aromatic heterocycles. The van der Waals surface area contributed by atoms with Gasteiger partial charge in [-0.05, 0) is 55.1 Å². The monoisotopic (exact) mass is 566 g/mol. The molecule has 0 amide bonds. The average molecular weight is 565 g/mol. The van der Waals surface area contributed by atoms with Gasteiger partial charge in [-0.15, -0.1) is 33.2 Å².